The predicted octanol–water partition coefficient (Wildman–Crippen LogP) is 0.443. The molecule has 0 radical (unpaired) electrons. The summed E-state index contributed by atoms with van der Waals surface area (Å²) in [5.41, 5.74) is -0.0256. The van der Waals surface area contributed by atoms with Gasteiger partial charge in [-0.1, -0.05) is 0 Å². The van der Waals surface area contributed by atoms with Crippen LogP contribution in [0.1, 0.15) is 16.8 Å². The second kappa shape index (κ2) is 5.70. The highest BCUT2D eigenvalue weighted by Gasteiger charge is 2.30. The number of likely N-dealkylation sites (N-methyl/N-ethyl adjacent to an activating group) is 1. The van der Waals surface area contributed by atoms with Crippen LogP contribution in [0.3, 0.4) is 0 Å². The number of rotatable bonds is 3. The van der Waals surface area contributed by atoms with E-state index >= 15 is 0 Å². The van der Waals surface area contributed by atoms with E-state index in [4.69, 9.17) is 5.11 Å². The van der Waals surface area contributed by atoms with Gasteiger partial charge in [0.25, 0.3) is 0 Å². The summed E-state index contributed by atoms with van der Waals surface area (Å²) in [4.78, 5) is 35.7. The number of carbonyl (C=O) groups excluding carboxylic acids is 2. The van der Waals surface area contributed by atoms with Crippen molar-refractivity contribution >= 4 is 23.6 Å². The first-order valence-electron chi connectivity index (χ1n) is 6.27. The van der Waals surface area contributed by atoms with Crippen molar-refractivity contribution < 1.29 is 24.6 Å². The van der Waals surface area contributed by atoms with Crippen molar-refractivity contribution in [2.45, 2.75) is 12.5 Å². The van der Waals surface area contributed by atoms with E-state index in [1.165, 1.54) is 17.0 Å². The van der Waals surface area contributed by atoms with Crippen LogP contribution in [0.2, 0.25) is 0 Å². The van der Waals surface area contributed by atoms with E-state index in [9.17, 15) is 19.5 Å². The monoisotopic (exact) mass is 293 g/mol. The normalized spacial score (nSPS) is 17.7. The zero-order valence-electron chi connectivity index (χ0n) is 11.3. The van der Waals surface area contributed by atoms with Crippen LogP contribution in [-0.4, -0.2) is 52.7 Å². The van der Waals surface area contributed by atoms with Crippen molar-refractivity contribution in [2.24, 2.45) is 0 Å². The average molecular weight is 293 g/mol. The molecule has 1 unspecified atom stereocenters. The number of nitrogens with zero attached hydrogens (tertiary/aromatic N) is 1. The molecule has 0 spiro atoms. The van der Waals surface area contributed by atoms with Crippen LogP contribution in [0.15, 0.2) is 18.2 Å². The Morgan fingerprint density at radius 2 is 2.10 bits per heavy atom. The molecule has 1 fully saturated rings. The summed E-state index contributed by atoms with van der Waals surface area (Å²) in [6.07, 6.45) is 0.521. The lowest BCUT2D eigenvalue weighted by Crippen LogP contribution is -2.42. The Morgan fingerprint density at radius 3 is 2.62 bits per heavy atom. The van der Waals surface area contributed by atoms with Crippen molar-refractivity contribution in [2.75, 3.05) is 18.9 Å². The van der Waals surface area contributed by atoms with E-state index in [0.717, 1.165) is 6.07 Å². The van der Waals surface area contributed by atoms with E-state index in [2.05, 4.69) is 10.6 Å². The van der Waals surface area contributed by atoms with Gasteiger partial charge in [-0.15, -0.1) is 0 Å². The molecule has 2 rings (SSSR count). The van der Waals surface area contributed by atoms with E-state index in [1.54, 1.807) is 7.05 Å². The summed E-state index contributed by atoms with van der Waals surface area (Å²) < 4.78 is 0. The van der Waals surface area contributed by atoms with Gasteiger partial charge in [0, 0.05) is 13.6 Å². The van der Waals surface area contributed by atoms with Crippen LogP contribution in [0.5, 0.6) is 5.75 Å². The number of benzene rings is 1. The van der Waals surface area contributed by atoms with Gasteiger partial charge < -0.3 is 25.7 Å². The highest BCUT2D eigenvalue weighted by atomic mass is 16.4. The minimum atomic E-state index is -1.18. The minimum Gasteiger partial charge on any atom is -0.506 e. The van der Waals surface area contributed by atoms with Gasteiger partial charge in [0.2, 0.25) is 5.91 Å². The standard InChI is InChI=1S/C13H15N3O5/c1-16-5-4-9(11(16)18)15-13(21)14-8-3-2-7(12(19)20)6-10(8)17/h2-3,6,9,17H,4-5H2,1H3,(H,19,20)(H2,14,15,21). The van der Waals surface area contributed by atoms with E-state index in [0.29, 0.717) is 13.0 Å². The molecule has 1 aliphatic rings. The zero-order valence-corrected chi connectivity index (χ0v) is 11.3. The number of anilines is 1. The van der Waals surface area contributed by atoms with Crippen LogP contribution in [0, 0.1) is 0 Å². The zero-order chi connectivity index (χ0) is 15.6. The number of aromatic carboxylic acids is 1. The quantitative estimate of drug-likeness (QED) is 0.603. The Hall–Kier alpha value is -2.77. The van der Waals surface area contributed by atoms with E-state index in [1.807, 2.05) is 0 Å². The van der Waals surface area contributed by atoms with Crippen molar-refractivity contribution in [3.63, 3.8) is 0 Å². The summed E-state index contributed by atoms with van der Waals surface area (Å²) in [6.45, 7) is 0.572. The van der Waals surface area contributed by atoms with Gasteiger partial charge in [0.15, 0.2) is 0 Å². The summed E-state index contributed by atoms with van der Waals surface area (Å²) in [7, 11) is 1.65. The third-order valence-electron chi connectivity index (χ3n) is 3.23. The topological polar surface area (TPSA) is 119 Å². The highest BCUT2D eigenvalue weighted by Crippen LogP contribution is 2.24. The molecule has 1 atom stereocenters. The van der Waals surface area contributed by atoms with Gasteiger partial charge in [-0.3, -0.25) is 4.79 Å². The van der Waals surface area contributed by atoms with Crippen molar-refractivity contribution in [1.29, 1.82) is 0 Å². The first-order valence-corrected chi connectivity index (χ1v) is 6.27. The number of carboxylic acid groups (broad SMARTS) is 1. The molecule has 0 saturated carbocycles. The third kappa shape index (κ3) is 3.22. The maximum atomic E-state index is 11.8. The Balaban J connectivity index is 2.00. The second-order valence-electron chi connectivity index (χ2n) is 4.74. The van der Waals surface area contributed by atoms with E-state index < -0.39 is 18.0 Å². The Kier molecular flexibility index (Phi) is 3.97. The summed E-state index contributed by atoms with van der Waals surface area (Å²) in [5, 5.41) is 23.3. The molecule has 21 heavy (non-hydrogen) atoms. The van der Waals surface area contributed by atoms with Gasteiger partial charge in [0.05, 0.1) is 11.3 Å². The molecule has 3 amide bonds. The molecule has 8 nitrogen and oxygen atoms in total. The number of phenolic OH excluding ortho intramolecular Hbond substituents is 1. The summed E-state index contributed by atoms with van der Waals surface area (Å²) in [5.74, 6) is -1.71. The van der Waals surface area contributed by atoms with Crippen molar-refractivity contribution in [3.05, 3.63) is 23.8 Å². The molecule has 1 aromatic rings. The molecule has 0 bridgehead atoms. The molecule has 112 valence electrons. The van der Waals surface area contributed by atoms with Crippen LogP contribution in [0.4, 0.5) is 10.5 Å². The molecule has 1 saturated heterocycles. The lowest BCUT2D eigenvalue weighted by molar-refractivity contribution is -0.128. The molecule has 8 heteroatoms. The van der Waals surface area contributed by atoms with Gasteiger partial charge >= 0.3 is 12.0 Å². The molecule has 1 heterocycles. The van der Waals surface area contributed by atoms with Crippen LogP contribution in [0.25, 0.3) is 0 Å². The number of phenols is 1. The van der Waals surface area contributed by atoms with Gasteiger partial charge in [-0.25, -0.2) is 9.59 Å². The van der Waals surface area contributed by atoms with Crippen molar-refractivity contribution in [1.82, 2.24) is 10.2 Å². The fourth-order valence-electron chi connectivity index (χ4n) is 2.04. The molecule has 0 aliphatic carbocycles. The highest BCUT2D eigenvalue weighted by molar-refractivity contribution is 5.96. The number of amides is 3. The molecule has 1 aromatic carbocycles. The maximum absolute atomic E-state index is 11.8. The lowest BCUT2D eigenvalue weighted by atomic mass is 10.2. The van der Waals surface area contributed by atoms with Crippen LogP contribution >= 0.6 is 0 Å². The molecular weight excluding hydrogens is 278 g/mol. The number of aromatic hydroxyl groups is 1. The first-order chi connectivity index (χ1) is 9.88. The first kappa shape index (κ1) is 14.6. The minimum absolute atomic E-state index is 0.0660. The smallest absolute Gasteiger partial charge is 0.335 e. The molecule has 4 N–H and O–H groups in total. The summed E-state index contributed by atoms with van der Waals surface area (Å²) in [6, 6.07) is 2.34. The maximum Gasteiger partial charge on any atom is 0.335 e. The fourth-order valence-corrected chi connectivity index (χ4v) is 2.04. The predicted molar refractivity (Wildman–Crippen MR) is 73.3 cm³/mol. The SMILES string of the molecule is CN1CCC(NC(=O)Nc2ccc(C(=O)O)cc2O)C1=O. The number of urea groups is 1. The Bertz CT molecular complexity index is 601. The molecular formula is C13H15N3O5. The van der Waals surface area contributed by atoms with Crippen LogP contribution in [-0.2, 0) is 4.79 Å². The number of nitrogens with one attached hydrogen (secondary N) is 2. The Morgan fingerprint density at radius 1 is 1.38 bits per heavy atom. The number of hydrogen-bond acceptors (Lipinski definition) is 4. The van der Waals surface area contributed by atoms with Crippen LogP contribution < -0.4 is 10.6 Å². The van der Waals surface area contributed by atoms with Gasteiger partial charge in [0.1, 0.15) is 11.8 Å². The van der Waals surface area contributed by atoms with E-state index in [-0.39, 0.29) is 22.9 Å². The van der Waals surface area contributed by atoms with Gasteiger partial charge in [-0.05, 0) is 24.6 Å². The lowest BCUT2D eigenvalue weighted by Gasteiger charge is -2.13. The summed E-state index contributed by atoms with van der Waals surface area (Å²) >= 11 is 0. The molecule has 1 aliphatic heterocycles. The largest absolute Gasteiger partial charge is 0.506 e. The number of carboxylic acids is 1. The van der Waals surface area contributed by atoms with Gasteiger partial charge in [-0.2, -0.15) is 0 Å². The van der Waals surface area contributed by atoms with Crippen molar-refractivity contribution in [3.8, 4) is 5.75 Å². The number of hydrogen-bond donors (Lipinski definition) is 4. The fraction of sp³-hybridized carbons (Fsp3) is 0.308. The molecule has 0 aromatic heterocycles. The second-order valence-corrected chi connectivity index (χ2v) is 4.74. The third-order valence-corrected chi connectivity index (χ3v) is 3.23. The Labute approximate surface area is 120 Å². The number of likely N-dealkylation sites (tertiary alicyclic amines) is 1. The number of carbonyl (C=O) groups is 3. The average Bonchev–Trinajstić information content (AvgIpc) is 2.73.